The fourth-order valence-electron chi connectivity index (χ4n) is 4.44. The third kappa shape index (κ3) is 5.70. The van der Waals surface area contributed by atoms with Crippen molar-refractivity contribution in [3.05, 3.63) is 47.5 Å². The number of rotatable bonds is 4. The highest BCUT2D eigenvalue weighted by Crippen LogP contribution is 2.62. The van der Waals surface area contributed by atoms with Gasteiger partial charge < -0.3 is 9.80 Å². The SMILES string of the molecule is O=C(c1ccccc1)N1CCN(c2nc(C(C(F)(F)F)(C(F)(F)F)C(F)(F)F)nc(C(C(F)(F)F)(C(F)(F)F)C(F)(F)F)n2)CC1. The fraction of sp³-hybridized carbons (Fsp3) is 0.545. The van der Waals surface area contributed by atoms with Crippen molar-refractivity contribution >= 4 is 11.9 Å². The number of nitrogens with zero attached hydrogens (tertiary/aromatic N) is 5. The van der Waals surface area contributed by atoms with Crippen molar-refractivity contribution in [3.63, 3.8) is 0 Å². The van der Waals surface area contributed by atoms with Gasteiger partial charge in [-0.2, -0.15) is 89.0 Å². The van der Waals surface area contributed by atoms with Crippen LogP contribution >= 0.6 is 0 Å². The van der Waals surface area contributed by atoms with Gasteiger partial charge in [0.1, 0.15) is 0 Å². The molecule has 24 heteroatoms. The van der Waals surface area contributed by atoms with E-state index in [4.69, 9.17) is 0 Å². The molecule has 258 valence electrons. The van der Waals surface area contributed by atoms with Crippen molar-refractivity contribution < 1.29 is 83.8 Å². The molecule has 46 heavy (non-hydrogen) atoms. The maximum atomic E-state index is 13.8. The molecule has 2 aromatic rings. The maximum absolute atomic E-state index is 13.8. The van der Waals surface area contributed by atoms with Gasteiger partial charge in [-0.1, -0.05) is 18.2 Å². The van der Waals surface area contributed by atoms with E-state index in [-0.39, 0.29) is 10.5 Å². The zero-order chi connectivity index (χ0) is 35.5. The molecule has 6 nitrogen and oxygen atoms in total. The Morgan fingerprint density at radius 2 is 0.826 bits per heavy atom. The summed E-state index contributed by atoms with van der Waals surface area (Å²) < 4.78 is 248. The first-order valence-corrected chi connectivity index (χ1v) is 11.8. The molecule has 0 atom stereocenters. The predicted molar refractivity (Wildman–Crippen MR) is 114 cm³/mol. The first-order valence-electron chi connectivity index (χ1n) is 11.8. The van der Waals surface area contributed by atoms with Crippen LogP contribution < -0.4 is 4.90 Å². The highest BCUT2D eigenvalue weighted by atomic mass is 19.4. The molecule has 0 spiro atoms. The van der Waals surface area contributed by atoms with Crippen molar-refractivity contribution in [3.8, 4) is 0 Å². The van der Waals surface area contributed by atoms with Gasteiger partial charge in [-0.3, -0.25) is 4.79 Å². The van der Waals surface area contributed by atoms with E-state index in [0.29, 0.717) is 0 Å². The van der Waals surface area contributed by atoms with Gasteiger partial charge in [-0.05, 0) is 12.1 Å². The number of carbonyl (C=O) groups is 1. The van der Waals surface area contributed by atoms with Gasteiger partial charge in [-0.25, -0.2) is 4.98 Å². The van der Waals surface area contributed by atoms with Crippen LogP contribution in [-0.2, 0) is 10.8 Å². The number of carbonyl (C=O) groups excluding carboxylic acids is 1. The van der Waals surface area contributed by atoms with Gasteiger partial charge in [-0.15, -0.1) is 0 Å². The third-order valence-electron chi connectivity index (χ3n) is 6.72. The zero-order valence-electron chi connectivity index (χ0n) is 21.7. The van der Waals surface area contributed by atoms with Crippen LogP contribution in [-0.4, -0.2) is 89.0 Å². The van der Waals surface area contributed by atoms with E-state index < -0.39 is 97.6 Å². The predicted octanol–water partition coefficient (Wildman–Crippen LogP) is 6.68. The number of hydrogen-bond acceptors (Lipinski definition) is 5. The molecule has 1 aromatic heterocycles. The van der Waals surface area contributed by atoms with Crippen LogP contribution in [0.1, 0.15) is 22.0 Å². The van der Waals surface area contributed by atoms with Gasteiger partial charge in [0.25, 0.3) is 5.91 Å². The molecule has 0 N–H and O–H groups in total. The first kappa shape index (κ1) is 36.7. The van der Waals surface area contributed by atoms with E-state index in [1.165, 1.54) is 35.3 Å². The summed E-state index contributed by atoms with van der Waals surface area (Å²) in [6.07, 6.45) is -46.6. The lowest BCUT2D eigenvalue weighted by atomic mass is 9.82. The van der Waals surface area contributed by atoms with Crippen LogP contribution in [0.2, 0.25) is 0 Å². The minimum absolute atomic E-state index is 0.0173. The monoisotopic (exact) mass is 705 g/mol. The number of anilines is 1. The van der Waals surface area contributed by atoms with Crippen LogP contribution in [0.15, 0.2) is 30.3 Å². The molecular weight excluding hydrogens is 692 g/mol. The van der Waals surface area contributed by atoms with Crippen molar-refractivity contribution in [1.82, 2.24) is 19.9 Å². The average molecular weight is 705 g/mol. The quantitative estimate of drug-likeness (QED) is 0.333. The smallest absolute Gasteiger partial charge is 0.337 e. The second kappa shape index (κ2) is 11.2. The Morgan fingerprint density at radius 3 is 1.13 bits per heavy atom. The molecule has 1 amide bonds. The van der Waals surface area contributed by atoms with Gasteiger partial charge in [0.2, 0.25) is 5.95 Å². The summed E-state index contributed by atoms with van der Waals surface area (Å²) in [5.41, 5.74) is -15.0. The van der Waals surface area contributed by atoms with E-state index in [1.54, 1.807) is 0 Å². The van der Waals surface area contributed by atoms with Gasteiger partial charge in [0, 0.05) is 31.7 Å². The molecule has 0 unspecified atom stereocenters. The largest absolute Gasteiger partial charge is 0.419 e. The van der Waals surface area contributed by atoms with Crippen LogP contribution in [0.4, 0.5) is 85.0 Å². The standard InChI is InChI=1S/C22H13F18N5O/c23-17(24,25)15(18(26,27)28,19(29,30)31)12-41-13(16(20(32,33)34,21(35,36)37)22(38,39)40)43-14(42-12)45-8-6-44(7-9-45)11(46)10-4-2-1-3-5-10/h1-5H,6-9H2. The van der Waals surface area contributed by atoms with E-state index >= 15 is 0 Å². The number of halogens is 18. The molecule has 1 saturated heterocycles. The Balaban J connectivity index is 2.40. The molecule has 1 aliphatic rings. The van der Waals surface area contributed by atoms with E-state index in [2.05, 4.69) is 9.97 Å². The molecule has 1 fully saturated rings. The number of benzene rings is 1. The topological polar surface area (TPSA) is 62.2 Å². The minimum Gasteiger partial charge on any atom is -0.337 e. The maximum Gasteiger partial charge on any atom is 0.419 e. The highest BCUT2D eigenvalue weighted by molar-refractivity contribution is 5.94. The Labute approximate surface area is 243 Å². The van der Waals surface area contributed by atoms with Crippen LogP contribution in [0.5, 0.6) is 0 Å². The van der Waals surface area contributed by atoms with Gasteiger partial charge in [0.15, 0.2) is 11.6 Å². The third-order valence-corrected chi connectivity index (χ3v) is 6.72. The fourth-order valence-corrected chi connectivity index (χ4v) is 4.44. The summed E-state index contributed by atoms with van der Waals surface area (Å²) in [6, 6.07) is 6.74. The summed E-state index contributed by atoms with van der Waals surface area (Å²) in [4.78, 5) is 19.5. The average Bonchev–Trinajstić information content (AvgIpc) is 2.84. The molecule has 0 bridgehead atoms. The van der Waals surface area contributed by atoms with E-state index in [1.807, 2.05) is 0 Å². The molecule has 1 aromatic carbocycles. The second-order valence-corrected chi connectivity index (χ2v) is 9.41. The van der Waals surface area contributed by atoms with Crippen LogP contribution in [0.25, 0.3) is 0 Å². The summed E-state index contributed by atoms with van der Waals surface area (Å²) in [5, 5.41) is 0. The van der Waals surface area contributed by atoms with Crippen molar-refractivity contribution in [2.45, 2.75) is 47.9 Å². The summed E-state index contributed by atoms with van der Waals surface area (Å²) >= 11 is 0. The van der Waals surface area contributed by atoms with Crippen LogP contribution in [0.3, 0.4) is 0 Å². The Hall–Kier alpha value is -3.76. The highest BCUT2D eigenvalue weighted by Gasteiger charge is 2.89. The molecule has 3 rings (SSSR count). The number of piperazine rings is 1. The van der Waals surface area contributed by atoms with Crippen LogP contribution in [0, 0.1) is 0 Å². The number of amides is 1. The summed E-state index contributed by atoms with van der Waals surface area (Å²) in [7, 11) is 0. The molecule has 0 saturated carbocycles. The second-order valence-electron chi connectivity index (χ2n) is 9.41. The lowest BCUT2D eigenvalue weighted by Crippen LogP contribution is -2.66. The summed E-state index contributed by atoms with van der Waals surface area (Å²) in [5.74, 6) is -11.1. The lowest BCUT2D eigenvalue weighted by molar-refractivity contribution is -0.391. The number of alkyl halides is 18. The molecular formula is C22H13F18N5O. The van der Waals surface area contributed by atoms with Gasteiger partial charge in [0.05, 0.1) is 0 Å². The lowest BCUT2D eigenvalue weighted by Gasteiger charge is -2.40. The van der Waals surface area contributed by atoms with Crippen molar-refractivity contribution in [2.24, 2.45) is 0 Å². The van der Waals surface area contributed by atoms with Crippen molar-refractivity contribution in [2.75, 3.05) is 31.1 Å². The molecule has 0 radical (unpaired) electrons. The number of aromatic nitrogens is 3. The normalized spacial score (nSPS) is 16.6. The molecule has 2 heterocycles. The zero-order valence-corrected chi connectivity index (χ0v) is 21.7. The van der Waals surface area contributed by atoms with Crippen molar-refractivity contribution in [1.29, 1.82) is 0 Å². The number of hydrogen-bond donors (Lipinski definition) is 0. The Bertz CT molecular complexity index is 1260. The first-order chi connectivity index (χ1) is 20.6. The van der Waals surface area contributed by atoms with Gasteiger partial charge >= 0.3 is 47.9 Å². The molecule has 0 aliphatic carbocycles. The summed E-state index contributed by atoms with van der Waals surface area (Å²) in [6.45, 7) is -3.46. The minimum atomic E-state index is -7.77. The molecule has 1 aliphatic heterocycles. The van der Waals surface area contributed by atoms with E-state index in [0.717, 1.165) is 4.90 Å². The Kier molecular flexibility index (Phi) is 8.93. The Morgan fingerprint density at radius 1 is 0.500 bits per heavy atom. The van der Waals surface area contributed by atoms with E-state index in [9.17, 15) is 83.8 Å².